The van der Waals surface area contributed by atoms with Gasteiger partial charge in [0.2, 0.25) is 5.91 Å². The molecule has 2 fully saturated rings. The Morgan fingerprint density at radius 1 is 1.67 bits per heavy atom. The van der Waals surface area contributed by atoms with E-state index in [-0.39, 0.29) is 30.5 Å². The standard InChI is InChI=1S/C14H20ClN3O3/c1-8-11(15)5-18(17-8)6-12(19)16-13-9-3-4-21-14(9)10(13)7-20-2/h5,9-10,13-14H,3-4,6-7H2,1-2H3,(H,16,19)/t9-,10+,13-,14-/m0/s1. The fraction of sp³-hybridized carbons (Fsp3) is 0.714. The third-order valence-corrected chi connectivity index (χ3v) is 4.78. The first kappa shape index (κ1) is 14.8. The Morgan fingerprint density at radius 2 is 2.48 bits per heavy atom. The van der Waals surface area contributed by atoms with Gasteiger partial charge in [-0.1, -0.05) is 11.6 Å². The number of nitrogens with zero attached hydrogens (tertiary/aromatic N) is 2. The highest BCUT2D eigenvalue weighted by Gasteiger charge is 2.54. The maximum atomic E-state index is 12.2. The van der Waals surface area contributed by atoms with Crippen LogP contribution >= 0.6 is 11.6 Å². The molecule has 116 valence electrons. The number of nitrogens with one attached hydrogen (secondary N) is 1. The minimum atomic E-state index is -0.0504. The van der Waals surface area contributed by atoms with E-state index in [9.17, 15) is 4.79 Å². The predicted octanol–water partition coefficient (Wildman–Crippen LogP) is 1.01. The summed E-state index contributed by atoms with van der Waals surface area (Å²) >= 11 is 5.95. The Labute approximate surface area is 128 Å². The van der Waals surface area contributed by atoms with Gasteiger partial charge < -0.3 is 14.8 Å². The first-order valence-electron chi connectivity index (χ1n) is 7.19. The summed E-state index contributed by atoms with van der Waals surface area (Å²) in [6.45, 7) is 3.38. The molecule has 0 aromatic carbocycles. The first-order chi connectivity index (χ1) is 10.1. The molecular weight excluding hydrogens is 294 g/mol. The lowest BCUT2D eigenvalue weighted by molar-refractivity contribution is -0.130. The molecule has 0 spiro atoms. The summed E-state index contributed by atoms with van der Waals surface area (Å²) in [6, 6.07) is 0.136. The van der Waals surface area contributed by atoms with Crippen molar-refractivity contribution >= 4 is 17.5 Å². The van der Waals surface area contributed by atoms with Crippen molar-refractivity contribution in [1.82, 2.24) is 15.1 Å². The molecule has 1 aromatic rings. The average Bonchev–Trinajstić information content (AvgIpc) is 2.98. The molecule has 3 rings (SSSR count). The van der Waals surface area contributed by atoms with Crippen LogP contribution in [0.25, 0.3) is 0 Å². The lowest BCUT2D eigenvalue weighted by Gasteiger charge is -2.47. The molecule has 4 atom stereocenters. The predicted molar refractivity (Wildman–Crippen MR) is 77.1 cm³/mol. The van der Waals surface area contributed by atoms with Crippen molar-refractivity contribution in [3.8, 4) is 0 Å². The van der Waals surface area contributed by atoms with Crippen molar-refractivity contribution in [2.24, 2.45) is 11.8 Å². The van der Waals surface area contributed by atoms with Crippen molar-refractivity contribution in [2.75, 3.05) is 20.3 Å². The average molecular weight is 314 g/mol. The van der Waals surface area contributed by atoms with Gasteiger partial charge >= 0.3 is 0 Å². The van der Waals surface area contributed by atoms with E-state index < -0.39 is 0 Å². The number of carbonyl (C=O) groups excluding carboxylic acids is 1. The van der Waals surface area contributed by atoms with Crippen LogP contribution in [0.5, 0.6) is 0 Å². The molecule has 0 radical (unpaired) electrons. The maximum absolute atomic E-state index is 12.2. The minimum absolute atomic E-state index is 0.0504. The molecule has 1 saturated heterocycles. The van der Waals surface area contributed by atoms with E-state index in [4.69, 9.17) is 21.1 Å². The number of halogens is 1. The fourth-order valence-electron chi connectivity index (χ4n) is 3.39. The molecular formula is C14H20ClN3O3. The van der Waals surface area contributed by atoms with Gasteiger partial charge in [-0.3, -0.25) is 9.48 Å². The fourth-order valence-corrected chi connectivity index (χ4v) is 3.54. The largest absolute Gasteiger partial charge is 0.384 e. The van der Waals surface area contributed by atoms with Gasteiger partial charge in [-0.2, -0.15) is 5.10 Å². The molecule has 21 heavy (non-hydrogen) atoms. The zero-order chi connectivity index (χ0) is 15.0. The molecule has 2 aliphatic rings. The molecule has 6 nitrogen and oxygen atoms in total. The van der Waals surface area contributed by atoms with Gasteiger partial charge in [-0.15, -0.1) is 0 Å². The SMILES string of the molecule is COC[C@@H]1[C@@H](NC(=O)Cn2cc(Cl)c(C)n2)[C@@H]2CCO[C@H]12. The summed E-state index contributed by atoms with van der Waals surface area (Å²) in [5.41, 5.74) is 0.731. The Morgan fingerprint density at radius 3 is 3.14 bits per heavy atom. The Hall–Kier alpha value is -1.11. The number of carbonyl (C=O) groups is 1. The van der Waals surface area contributed by atoms with Crippen LogP contribution in [-0.4, -0.2) is 48.2 Å². The van der Waals surface area contributed by atoms with E-state index in [1.807, 2.05) is 6.92 Å². The number of aryl methyl sites for hydroxylation is 1. The summed E-state index contributed by atoms with van der Waals surface area (Å²) in [6.07, 6.45) is 2.91. The molecule has 1 amide bonds. The summed E-state index contributed by atoms with van der Waals surface area (Å²) in [4.78, 5) is 12.2. The van der Waals surface area contributed by atoms with Crippen LogP contribution in [0.15, 0.2) is 6.20 Å². The van der Waals surface area contributed by atoms with Crippen LogP contribution < -0.4 is 5.32 Å². The van der Waals surface area contributed by atoms with Gasteiger partial charge in [-0.05, 0) is 13.3 Å². The number of ether oxygens (including phenoxy) is 2. The van der Waals surface area contributed by atoms with Crippen LogP contribution in [0.1, 0.15) is 12.1 Å². The van der Waals surface area contributed by atoms with Crippen molar-refractivity contribution < 1.29 is 14.3 Å². The molecule has 1 aromatic heterocycles. The zero-order valence-corrected chi connectivity index (χ0v) is 13.0. The van der Waals surface area contributed by atoms with E-state index in [1.54, 1.807) is 18.0 Å². The Bertz CT molecular complexity index is 514. The normalized spacial score (nSPS) is 30.8. The number of methoxy groups -OCH3 is 1. The van der Waals surface area contributed by atoms with Crippen LogP contribution in [0.4, 0.5) is 0 Å². The lowest BCUT2D eigenvalue weighted by Crippen LogP contribution is -2.63. The third-order valence-electron chi connectivity index (χ3n) is 4.41. The van der Waals surface area contributed by atoms with E-state index in [0.717, 1.165) is 18.7 Å². The summed E-state index contributed by atoms with van der Waals surface area (Å²) in [5.74, 6) is 0.608. The molecule has 1 N–H and O–H groups in total. The second-order valence-corrected chi connectivity index (χ2v) is 6.17. The highest BCUT2D eigenvalue weighted by Crippen LogP contribution is 2.43. The number of fused-ring (bicyclic) bond motifs is 1. The Kier molecular flexibility index (Phi) is 4.19. The number of aromatic nitrogens is 2. The quantitative estimate of drug-likeness (QED) is 0.881. The number of hydrogen-bond donors (Lipinski definition) is 1. The summed E-state index contributed by atoms with van der Waals surface area (Å²) in [5, 5.41) is 7.87. The highest BCUT2D eigenvalue weighted by atomic mass is 35.5. The minimum Gasteiger partial charge on any atom is -0.384 e. The van der Waals surface area contributed by atoms with Crippen molar-refractivity contribution in [3.63, 3.8) is 0 Å². The smallest absolute Gasteiger partial charge is 0.241 e. The molecule has 1 saturated carbocycles. The van der Waals surface area contributed by atoms with E-state index in [0.29, 0.717) is 17.5 Å². The van der Waals surface area contributed by atoms with E-state index in [1.165, 1.54) is 0 Å². The molecule has 0 unspecified atom stereocenters. The van der Waals surface area contributed by atoms with E-state index in [2.05, 4.69) is 10.4 Å². The van der Waals surface area contributed by atoms with Crippen molar-refractivity contribution in [2.45, 2.75) is 32.0 Å². The van der Waals surface area contributed by atoms with Crippen LogP contribution in [0, 0.1) is 18.8 Å². The van der Waals surface area contributed by atoms with Crippen molar-refractivity contribution in [1.29, 1.82) is 0 Å². The summed E-state index contributed by atoms with van der Waals surface area (Å²) < 4.78 is 12.5. The van der Waals surface area contributed by atoms with Gasteiger partial charge in [0.1, 0.15) is 6.54 Å². The first-order valence-corrected chi connectivity index (χ1v) is 7.57. The highest BCUT2D eigenvalue weighted by molar-refractivity contribution is 6.31. The molecule has 7 heteroatoms. The third kappa shape index (κ3) is 2.80. The summed E-state index contributed by atoms with van der Waals surface area (Å²) in [7, 11) is 1.68. The monoisotopic (exact) mass is 313 g/mol. The van der Waals surface area contributed by atoms with Crippen LogP contribution in [-0.2, 0) is 20.8 Å². The number of rotatable bonds is 5. The van der Waals surface area contributed by atoms with Gasteiger partial charge in [0, 0.05) is 37.8 Å². The van der Waals surface area contributed by atoms with Gasteiger partial charge in [0.05, 0.1) is 23.4 Å². The van der Waals surface area contributed by atoms with E-state index >= 15 is 0 Å². The van der Waals surface area contributed by atoms with Gasteiger partial charge in [0.25, 0.3) is 0 Å². The molecule has 2 heterocycles. The maximum Gasteiger partial charge on any atom is 0.241 e. The van der Waals surface area contributed by atoms with Gasteiger partial charge in [-0.25, -0.2) is 0 Å². The Balaban J connectivity index is 1.58. The molecule has 1 aliphatic carbocycles. The van der Waals surface area contributed by atoms with Crippen LogP contribution in [0.3, 0.4) is 0 Å². The topological polar surface area (TPSA) is 65.4 Å². The van der Waals surface area contributed by atoms with Gasteiger partial charge in [0.15, 0.2) is 0 Å². The molecule has 1 aliphatic heterocycles. The second kappa shape index (κ2) is 5.94. The second-order valence-electron chi connectivity index (χ2n) is 5.76. The van der Waals surface area contributed by atoms with Crippen molar-refractivity contribution in [3.05, 3.63) is 16.9 Å². The molecule has 0 bridgehead atoms. The number of amides is 1. The lowest BCUT2D eigenvalue weighted by atomic mass is 9.67. The van der Waals surface area contributed by atoms with Crippen LogP contribution in [0.2, 0.25) is 5.02 Å². The zero-order valence-electron chi connectivity index (χ0n) is 12.2. The number of hydrogen-bond acceptors (Lipinski definition) is 4.